The Bertz CT molecular complexity index is 289. The molecule has 64 valence electrons. The van der Waals surface area contributed by atoms with Gasteiger partial charge in [-0.25, -0.2) is 0 Å². The first kappa shape index (κ1) is 7.75. The Balaban J connectivity index is 2.38. The highest BCUT2D eigenvalue weighted by molar-refractivity contribution is 8.14. The number of rotatable bonds is 0. The van der Waals surface area contributed by atoms with Crippen LogP contribution in [0, 0.1) is 0 Å². The van der Waals surface area contributed by atoms with Crippen LogP contribution < -0.4 is 5.73 Å². The van der Waals surface area contributed by atoms with Gasteiger partial charge in [0.2, 0.25) is 0 Å². The molecule has 0 saturated carbocycles. The SMILES string of the molecule is NC1C(=O)N=C2SCCN2C1=O. The van der Waals surface area contributed by atoms with E-state index in [9.17, 15) is 9.59 Å². The molecular formula is C6H7N3O2S. The zero-order valence-electron chi connectivity index (χ0n) is 6.19. The van der Waals surface area contributed by atoms with E-state index in [-0.39, 0.29) is 5.91 Å². The van der Waals surface area contributed by atoms with Crippen molar-refractivity contribution in [1.29, 1.82) is 0 Å². The van der Waals surface area contributed by atoms with Crippen LogP contribution in [0.15, 0.2) is 4.99 Å². The van der Waals surface area contributed by atoms with Crippen LogP contribution in [0.3, 0.4) is 0 Å². The van der Waals surface area contributed by atoms with Crippen LogP contribution >= 0.6 is 11.8 Å². The lowest BCUT2D eigenvalue weighted by molar-refractivity contribution is -0.134. The van der Waals surface area contributed by atoms with Crippen LogP contribution in [0.2, 0.25) is 0 Å². The summed E-state index contributed by atoms with van der Waals surface area (Å²) in [5, 5.41) is 0.506. The maximum absolute atomic E-state index is 11.3. The minimum Gasteiger partial charge on any atom is -0.312 e. The number of fused-ring (bicyclic) bond motifs is 1. The third kappa shape index (κ3) is 0.953. The van der Waals surface area contributed by atoms with Gasteiger partial charge in [0.15, 0.2) is 11.2 Å². The van der Waals surface area contributed by atoms with E-state index in [1.165, 1.54) is 16.7 Å². The van der Waals surface area contributed by atoms with Crippen molar-refractivity contribution >= 4 is 28.7 Å². The maximum atomic E-state index is 11.3. The average molecular weight is 185 g/mol. The van der Waals surface area contributed by atoms with Gasteiger partial charge in [0.25, 0.3) is 11.8 Å². The first-order chi connectivity index (χ1) is 5.70. The van der Waals surface area contributed by atoms with Crippen LogP contribution in [-0.4, -0.2) is 40.2 Å². The number of hydrogen-bond acceptors (Lipinski definition) is 4. The Kier molecular flexibility index (Phi) is 1.66. The number of carbonyl (C=O) groups is 2. The topological polar surface area (TPSA) is 75.8 Å². The third-order valence-electron chi connectivity index (χ3n) is 1.78. The number of thioether (sulfide) groups is 1. The second-order valence-corrected chi connectivity index (χ2v) is 3.61. The average Bonchev–Trinajstić information content (AvgIpc) is 2.48. The number of amidine groups is 1. The molecule has 12 heavy (non-hydrogen) atoms. The second kappa shape index (κ2) is 2.56. The van der Waals surface area contributed by atoms with Gasteiger partial charge in [-0.3, -0.25) is 14.5 Å². The van der Waals surface area contributed by atoms with Crippen LogP contribution in [0.1, 0.15) is 0 Å². The van der Waals surface area contributed by atoms with Crippen molar-refractivity contribution < 1.29 is 9.59 Å². The second-order valence-electron chi connectivity index (χ2n) is 2.55. The summed E-state index contributed by atoms with van der Waals surface area (Å²) in [6, 6.07) is -1.08. The predicted octanol–water partition coefficient (Wildman–Crippen LogP) is -1.21. The number of aliphatic imine (C=N–C) groups is 1. The Labute approximate surface area is 73.0 Å². The summed E-state index contributed by atoms with van der Waals surface area (Å²) in [6.07, 6.45) is 0. The fraction of sp³-hybridized carbons (Fsp3) is 0.500. The van der Waals surface area contributed by atoms with E-state index in [2.05, 4.69) is 4.99 Å². The van der Waals surface area contributed by atoms with Crippen LogP contribution in [0.5, 0.6) is 0 Å². The van der Waals surface area contributed by atoms with Crippen LogP contribution in [0.25, 0.3) is 0 Å². The molecule has 0 bridgehead atoms. The molecule has 2 heterocycles. The van der Waals surface area contributed by atoms with E-state index in [4.69, 9.17) is 5.73 Å². The van der Waals surface area contributed by atoms with Crippen molar-refractivity contribution in [1.82, 2.24) is 4.90 Å². The number of carbonyl (C=O) groups excluding carboxylic acids is 2. The van der Waals surface area contributed by atoms with E-state index in [1.807, 2.05) is 0 Å². The van der Waals surface area contributed by atoms with Crippen molar-refractivity contribution in [2.75, 3.05) is 12.3 Å². The predicted molar refractivity (Wildman–Crippen MR) is 44.6 cm³/mol. The fourth-order valence-corrected chi connectivity index (χ4v) is 2.08. The van der Waals surface area contributed by atoms with Crippen molar-refractivity contribution in [2.45, 2.75) is 6.04 Å². The first-order valence-corrected chi connectivity index (χ1v) is 4.51. The van der Waals surface area contributed by atoms with E-state index < -0.39 is 11.9 Å². The molecule has 0 aromatic carbocycles. The maximum Gasteiger partial charge on any atom is 0.274 e. The summed E-state index contributed by atoms with van der Waals surface area (Å²) in [6.45, 7) is 0.614. The van der Waals surface area contributed by atoms with Crippen molar-refractivity contribution in [3.8, 4) is 0 Å². The van der Waals surface area contributed by atoms with E-state index in [1.54, 1.807) is 0 Å². The summed E-state index contributed by atoms with van der Waals surface area (Å²) >= 11 is 1.41. The summed E-state index contributed by atoms with van der Waals surface area (Å²) in [5.41, 5.74) is 5.32. The highest BCUT2D eigenvalue weighted by Gasteiger charge is 2.37. The van der Waals surface area contributed by atoms with Gasteiger partial charge in [0.1, 0.15) is 0 Å². The Morgan fingerprint density at radius 1 is 1.58 bits per heavy atom. The summed E-state index contributed by atoms with van der Waals surface area (Å²) < 4.78 is 0. The largest absolute Gasteiger partial charge is 0.312 e. The van der Waals surface area contributed by atoms with Gasteiger partial charge >= 0.3 is 0 Å². The molecule has 1 saturated heterocycles. The quantitative estimate of drug-likeness (QED) is 0.480. The molecule has 1 fully saturated rings. The zero-order valence-corrected chi connectivity index (χ0v) is 7.00. The smallest absolute Gasteiger partial charge is 0.274 e. The summed E-state index contributed by atoms with van der Waals surface area (Å²) in [5.74, 6) is -0.0550. The molecule has 2 rings (SSSR count). The van der Waals surface area contributed by atoms with E-state index >= 15 is 0 Å². The highest BCUT2D eigenvalue weighted by Crippen LogP contribution is 2.21. The molecule has 2 aliphatic heterocycles. The Hall–Kier alpha value is -0.880. The van der Waals surface area contributed by atoms with E-state index in [0.717, 1.165) is 5.75 Å². The number of nitrogens with zero attached hydrogens (tertiary/aromatic N) is 2. The molecule has 2 amide bonds. The lowest BCUT2D eigenvalue weighted by atomic mass is 10.2. The zero-order chi connectivity index (χ0) is 8.72. The standard InChI is InChI=1S/C6H7N3O2S/c7-3-4(10)8-6-9(5(3)11)1-2-12-6/h3H,1-2,7H2. The molecule has 6 heteroatoms. The lowest BCUT2D eigenvalue weighted by Crippen LogP contribution is -2.51. The van der Waals surface area contributed by atoms with Gasteiger partial charge < -0.3 is 5.73 Å². The normalized spacial score (nSPS) is 28.9. The molecule has 2 N–H and O–H groups in total. The molecule has 0 aromatic heterocycles. The van der Waals surface area contributed by atoms with Gasteiger partial charge in [-0.2, -0.15) is 4.99 Å². The molecule has 0 aromatic rings. The molecule has 0 spiro atoms. The number of amides is 2. The molecule has 1 unspecified atom stereocenters. The van der Waals surface area contributed by atoms with Gasteiger partial charge in [0.05, 0.1) is 0 Å². The first-order valence-electron chi connectivity index (χ1n) is 3.52. The van der Waals surface area contributed by atoms with Gasteiger partial charge in [-0.15, -0.1) is 0 Å². The summed E-state index contributed by atoms with van der Waals surface area (Å²) in [7, 11) is 0. The monoisotopic (exact) mass is 185 g/mol. The van der Waals surface area contributed by atoms with Gasteiger partial charge in [-0.1, -0.05) is 11.8 Å². The minimum absolute atomic E-state index is 0.324. The van der Waals surface area contributed by atoms with Gasteiger partial charge in [0, 0.05) is 12.3 Å². The molecular weight excluding hydrogens is 178 g/mol. The molecule has 2 aliphatic rings. The molecule has 1 atom stereocenters. The minimum atomic E-state index is -1.08. The van der Waals surface area contributed by atoms with Crippen LogP contribution in [0.4, 0.5) is 0 Å². The lowest BCUT2D eigenvalue weighted by Gasteiger charge is -2.22. The number of hydrogen-bond donors (Lipinski definition) is 1. The molecule has 0 aliphatic carbocycles. The fourth-order valence-electron chi connectivity index (χ4n) is 1.14. The molecule has 5 nitrogen and oxygen atoms in total. The van der Waals surface area contributed by atoms with Crippen molar-refractivity contribution in [3.63, 3.8) is 0 Å². The highest BCUT2D eigenvalue weighted by atomic mass is 32.2. The third-order valence-corrected chi connectivity index (χ3v) is 2.74. The van der Waals surface area contributed by atoms with E-state index in [0.29, 0.717) is 11.7 Å². The number of nitrogens with two attached hydrogens (primary N) is 1. The van der Waals surface area contributed by atoms with Crippen molar-refractivity contribution in [3.05, 3.63) is 0 Å². The van der Waals surface area contributed by atoms with Crippen molar-refractivity contribution in [2.24, 2.45) is 10.7 Å². The molecule has 0 radical (unpaired) electrons. The summed E-state index contributed by atoms with van der Waals surface area (Å²) in [4.78, 5) is 27.4. The Morgan fingerprint density at radius 3 is 3.08 bits per heavy atom. The van der Waals surface area contributed by atoms with Gasteiger partial charge in [-0.05, 0) is 0 Å². The van der Waals surface area contributed by atoms with Crippen LogP contribution in [-0.2, 0) is 9.59 Å². The Morgan fingerprint density at radius 2 is 2.33 bits per heavy atom.